The van der Waals surface area contributed by atoms with Crippen molar-refractivity contribution >= 4 is 15.7 Å². The van der Waals surface area contributed by atoms with E-state index < -0.39 is 9.84 Å². The molecule has 0 saturated carbocycles. The highest BCUT2D eigenvalue weighted by Gasteiger charge is 2.23. The van der Waals surface area contributed by atoms with E-state index in [1.165, 1.54) is 23.3 Å². The first-order chi connectivity index (χ1) is 12.3. The first-order valence-electron chi connectivity index (χ1n) is 8.70. The Morgan fingerprint density at radius 3 is 2.35 bits per heavy atom. The van der Waals surface area contributed by atoms with Crippen LogP contribution in [0.15, 0.2) is 53.4 Å². The molecular formula is C20H24N2O3S. The molecule has 2 aromatic carbocycles. The van der Waals surface area contributed by atoms with E-state index in [1.54, 1.807) is 17.0 Å². The van der Waals surface area contributed by atoms with Gasteiger partial charge in [0.2, 0.25) is 0 Å². The summed E-state index contributed by atoms with van der Waals surface area (Å²) in [5.41, 5.74) is 2.97. The Bertz CT molecular complexity index is 901. The molecule has 0 atom stereocenters. The van der Waals surface area contributed by atoms with Gasteiger partial charge in [-0.3, -0.25) is 9.69 Å². The maximum Gasteiger partial charge on any atom is 0.253 e. The Kier molecular flexibility index (Phi) is 5.44. The summed E-state index contributed by atoms with van der Waals surface area (Å²) in [7, 11) is -3.32. The monoisotopic (exact) mass is 372 g/mol. The van der Waals surface area contributed by atoms with Crippen LogP contribution in [0.5, 0.6) is 0 Å². The summed E-state index contributed by atoms with van der Waals surface area (Å²) in [6, 6.07) is 14.8. The van der Waals surface area contributed by atoms with Gasteiger partial charge < -0.3 is 4.90 Å². The minimum Gasteiger partial charge on any atom is -0.336 e. The molecule has 1 aliphatic rings. The van der Waals surface area contributed by atoms with Crippen LogP contribution in [0.25, 0.3) is 0 Å². The van der Waals surface area contributed by atoms with Crippen LogP contribution >= 0.6 is 0 Å². The molecular weight excluding hydrogens is 348 g/mol. The van der Waals surface area contributed by atoms with Gasteiger partial charge in [0.1, 0.15) is 0 Å². The number of nitrogens with zero attached hydrogens (tertiary/aromatic N) is 2. The van der Waals surface area contributed by atoms with Crippen LogP contribution in [0.2, 0.25) is 0 Å². The molecule has 1 saturated heterocycles. The molecule has 1 aliphatic heterocycles. The smallest absolute Gasteiger partial charge is 0.253 e. The third-order valence-electron chi connectivity index (χ3n) is 4.66. The SMILES string of the molecule is Cc1cccc(CN2CCN(C(=O)c3cccc(S(C)(=O)=O)c3)CC2)c1. The van der Waals surface area contributed by atoms with E-state index in [1.807, 2.05) is 0 Å². The molecule has 1 heterocycles. The van der Waals surface area contributed by atoms with Crippen LogP contribution in [0.4, 0.5) is 0 Å². The third kappa shape index (κ3) is 4.51. The third-order valence-corrected chi connectivity index (χ3v) is 5.77. The minimum atomic E-state index is -3.32. The second-order valence-electron chi connectivity index (χ2n) is 6.86. The van der Waals surface area contributed by atoms with E-state index in [2.05, 4.69) is 36.1 Å². The van der Waals surface area contributed by atoms with Crippen molar-refractivity contribution in [3.8, 4) is 0 Å². The molecule has 138 valence electrons. The molecule has 0 aliphatic carbocycles. The quantitative estimate of drug-likeness (QED) is 0.827. The summed E-state index contributed by atoms with van der Waals surface area (Å²) in [5.74, 6) is -0.106. The lowest BCUT2D eigenvalue weighted by molar-refractivity contribution is 0.0628. The van der Waals surface area contributed by atoms with Gasteiger partial charge in [-0.2, -0.15) is 0 Å². The van der Waals surface area contributed by atoms with Crippen molar-refractivity contribution in [2.24, 2.45) is 0 Å². The molecule has 0 spiro atoms. The molecule has 1 amide bonds. The minimum absolute atomic E-state index is 0.106. The van der Waals surface area contributed by atoms with Gasteiger partial charge in [0.05, 0.1) is 4.90 Å². The van der Waals surface area contributed by atoms with E-state index in [4.69, 9.17) is 0 Å². The van der Waals surface area contributed by atoms with Crippen molar-refractivity contribution in [1.82, 2.24) is 9.80 Å². The number of benzene rings is 2. The Morgan fingerprint density at radius 1 is 1.00 bits per heavy atom. The van der Waals surface area contributed by atoms with Crippen LogP contribution in [0, 0.1) is 6.92 Å². The number of piperazine rings is 1. The molecule has 6 heteroatoms. The summed E-state index contributed by atoms with van der Waals surface area (Å²) >= 11 is 0. The van der Waals surface area contributed by atoms with Gasteiger partial charge in [0, 0.05) is 44.5 Å². The molecule has 5 nitrogen and oxygen atoms in total. The second kappa shape index (κ2) is 7.60. The fourth-order valence-electron chi connectivity index (χ4n) is 3.22. The fraction of sp³-hybridized carbons (Fsp3) is 0.350. The predicted octanol–water partition coefficient (Wildman–Crippen LogP) is 2.36. The van der Waals surface area contributed by atoms with Crippen LogP contribution in [0.1, 0.15) is 21.5 Å². The number of sulfone groups is 1. The van der Waals surface area contributed by atoms with E-state index in [-0.39, 0.29) is 10.8 Å². The van der Waals surface area contributed by atoms with Crippen molar-refractivity contribution in [2.45, 2.75) is 18.4 Å². The number of carbonyl (C=O) groups is 1. The van der Waals surface area contributed by atoms with Gasteiger partial charge in [-0.25, -0.2) is 8.42 Å². The summed E-state index contributed by atoms with van der Waals surface area (Å²) in [6.07, 6.45) is 1.15. The van der Waals surface area contributed by atoms with Gasteiger partial charge in [0.25, 0.3) is 5.91 Å². The zero-order chi connectivity index (χ0) is 18.7. The maximum absolute atomic E-state index is 12.7. The average Bonchev–Trinajstić information content (AvgIpc) is 2.61. The van der Waals surface area contributed by atoms with Crippen LogP contribution in [0.3, 0.4) is 0 Å². The predicted molar refractivity (Wildman–Crippen MR) is 102 cm³/mol. The van der Waals surface area contributed by atoms with Crippen molar-refractivity contribution in [3.05, 3.63) is 65.2 Å². The molecule has 26 heavy (non-hydrogen) atoms. The van der Waals surface area contributed by atoms with Gasteiger partial charge in [0.15, 0.2) is 9.84 Å². The normalized spacial score (nSPS) is 15.8. The van der Waals surface area contributed by atoms with Crippen LogP contribution in [-0.2, 0) is 16.4 Å². The van der Waals surface area contributed by atoms with Gasteiger partial charge in [-0.15, -0.1) is 0 Å². The van der Waals surface area contributed by atoms with Crippen molar-refractivity contribution < 1.29 is 13.2 Å². The van der Waals surface area contributed by atoms with E-state index in [0.29, 0.717) is 18.7 Å². The standard InChI is InChI=1S/C20H24N2O3S/c1-16-5-3-6-17(13-16)15-21-9-11-22(12-10-21)20(23)18-7-4-8-19(14-18)26(2,24)25/h3-8,13-14H,9-12,15H2,1-2H3. The topological polar surface area (TPSA) is 57.7 Å². The Hall–Kier alpha value is -2.18. The molecule has 0 aromatic heterocycles. The van der Waals surface area contributed by atoms with Gasteiger partial charge in [-0.1, -0.05) is 35.9 Å². The Morgan fingerprint density at radius 2 is 1.69 bits per heavy atom. The highest BCUT2D eigenvalue weighted by Crippen LogP contribution is 2.16. The first kappa shape index (κ1) is 18.6. The van der Waals surface area contributed by atoms with Crippen LogP contribution in [-0.4, -0.2) is 56.6 Å². The van der Waals surface area contributed by atoms with E-state index in [9.17, 15) is 13.2 Å². The van der Waals surface area contributed by atoms with E-state index >= 15 is 0 Å². The Balaban J connectivity index is 1.62. The summed E-state index contributed by atoms with van der Waals surface area (Å²) in [4.78, 5) is 17.0. The number of amides is 1. The Labute approximate surface area is 155 Å². The second-order valence-corrected chi connectivity index (χ2v) is 8.87. The van der Waals surface area contributed by atoms with Crippen molar-refractivity contribution in [1.29, 1.82) is 0 Å². The molecule has 0 radical (unpaired) electrons. The number of hydrogen-bond donors (Lipinski definition) is 0. The fourth-order valence-corrected chi connectivity index (χ4v) is 3.89. The highest BCUT2D eigenvalue weighted by molar-refractivity contribution is 7.90. The number of aryl methyl sites for hydroxylation is 1. The van der Waals surface area contributed by atoms with E-state index in [0.717, 1.165) is 25.9 Å². The number of carbonyl (C=O) groups excluding carboxylic acids is 1. The van der Waals surface area contributed by atoms with Crippen molar-refractivity contribution in [2.75, 3.05) is 32.4 Å². The van der Waals surface area contributed by atoms with Crippen molar-refractivity contribution in [3.63, 3.8) is 0 Å². The van der Waals surface area contributed by atoms with Gasteiger partial charge >= 0.3 is 0 Å². The number of rotatable bonds is 4. The molecule has 2 aromatic rings. The lowest BCUT2D eigenvalue weighted by Gasteiger charge is -2.35. The molecule has 0 unspecified atom stereocenters. The van der Waals surface area contributed by atoms with Gasteiger partial charge in [-0.05, 0) is 30.7 Å². The largest absolute Gasteiger partial charge is 0.336 e. The zero-order valence-corrected chi connectivity index (χ0v) is 16.0. The highest BCUT2D eigenvalue weighted by atomic mass is 32.2. The molecule has 3 rings (SSSR count). The lowest BCUT2D eigenvalue weighted by Crippen LogP contribution is -2.48. The molecule has 1 fully saturated rings. The summed E-state index contributed by atoms with van der Waals surface area (Å²) in [5, 5.41) is 0. The first-order valence-corrected chi connectivity index (χ1v) is 10.6. The lowest BCUT2D eigenvalue weighted by atomic mass is 10.1. The summed E-state index contributed by atoms with van der Waals surface area (Å²) < 4.78 is 23.4. The van der Waals surface area contributed by atoms with Crippen LogP contribution < -0.4 is 0 Å². The number of hydrogen-bond acceptors (Lipinski definition) is 4. The zero-order valence-electron chi connectivity index (χ0n) is 15.2. The summed E-state index contributed by atoms with van der Waals surface area (Å²) in [6.45, 7) is 5.89. The maximum atomic E-state index is 12.7. The molecule has 0 bridgehead atoms. The molecule has 0 N–H and O–H groups in total. The average molecular weight is 372 g/mol.